The topological polar surface area (TPSA) is 50.4 Å². The number of hydrogen-bond acceptors (Lipinski definition) is 2. The molecule has 0 atom stereocenters. The second-order valence-electron chi connectivity index (χ2n) is 2.88. The summed E-state index contributed by atoms with van der Waals surface area (Å²) in [5, 5.41) is 3.05. The Morgan fingerprint density at radius 3 is 2.87 bits per heavy atom. The van der Waals surface area contributed by atoms with E-state index in [1.807, 2.05) is 6.92 Å². The zero-order valence-corrected chi connectivity index (χ0v) is 9.17. The summed E-state index contributed by atoms with van der Waals surface area (Å²) in [6.45, 7) is 2.43. The van der Waals surface area contributed by atoms with Gasteiger partial charge in [0.05, 0.1) is 17.3 Å². The summed E-state index contributed by atoms with van der Waals surface area (Å²) < 4.78 is 0. The molecule has 0 heterocycles. The number of urea groups is 1. The second kappa shape index (κ2) is 6.27. The molecule has 0 aliphatic heterocycles. The van der Waals surface area contributed by atoms with E-state index in [1.54, 1.807) is 24.3 Å². The number of carbonyl (C=O) groups excluding carboxylic acids is 1. The molecule has 0 unspecified atom stereocenters. The van der Waals surface area contributed by atoms with Crippen molar-refractivity contribution in [2.24, 2.45) is 0 Å². The number of nitrogens with one attached hydrogen (secondary N) is 2. The van der Waals surface area contributed by atoms with Crippen LogP contribution in [0.25, 0.3) is 0 Å². The lowest BCUT2D eigenvalue weighted by atomic mass is 10.3. The van der Waals surface area contributed by atoms with E-state index in [-0.39, 0.29) is 0 Å². The number of amides is 2. The number of halogens is 1. The molecule has 0 saturated carbocycles. The smallest absolute Gasteiger partial charge is 0.305 e. The van der Waals surface area contributed by atoms with Gasteiger partial charge in [-0.25, -0.2) is 10.3 Å². The van der Waals surface area contributed by atoms with E-state index in [0.29, 0.717) is 17.3 Å². The number of anilines is 1. The maximum Gasteiger partial charge on any atom is 0.343 e. The largest absolute Gasteiger partial charge is 0.343 e. The van der Waals surface area contributed by atoms with Crippen LogP contribution in [-0.4, -0.2) is 12.6 Å². The molecule has 0 aliphatic carbocycles. The molecule has 0 radical (unpaired) electrons. The molecule has 15 heavy (non-hydrogen) atoms. The third-order valence-corrected chi connectivity index (χ3v) is 1.92. The maximum atomic E-state index is 11.2. The number of benzene rings is 1. The molecular weight excluding hydrogens is 216 g/mol. The van der Waals surface area contributed by atoms with Gasteiger partial charge in [-0.2, -0.15) is 0 Å². The minimum Gasteiger partial charge on any atom is -0.305 e. The summed E-state index contributed by atoms with van der Waals surface area (Å²) in [4.78, 5) is 16.1. The van der Waals surface area contributed by atoms with Crippen LogP contribution in [0.2, 0.25) is 5.02 Å². The van der Waals surface area contributed by atoms with Gasteiger partial charge in [0.25, 0.3) is 0 Å². The Balaban J connectivity index is 2.41. The molecule has 0 bridgehead atoms. The standard InChI is InChI=1S/C10H13ClN2O2/c1-2-7-15-13-10(14)12-9-6-4-3-5-8(9)11/h3-6H,2,7H2,1H3,(H2,12,13,14). The lowest BCUT2D eigenvalue weighted by Gasteiger charge is -2.07. The Bertz CT molecular complexity index is 331. The molecule has 2 N–H and O–H groups in total. The Kier molecular flexibility index (Phi) is 4.93. The van der Waals surface area contributed by atoms with E-state index in [2.05, 4.69) is 10.8 Å². The molecule has 1 aromatic carbocycles. The summed E-state index contributed by atoms with van der Waals surface area (Å²) in [5.74, 6) is 0. The van der Waals surface area contributed by atoms with E-state index in [4.69, 9.17) is 16.4 Å². The molecule has 1 aromatic rings. The van der Waals surface area contributed by atoms with Crippen molar-refractivity contribution in [1.29, 1.82) is 0 Å². The van der Waals surface area contributed by atoms with Crippen LogP contribution in [0.15, 0.2) is 24.3 Å². The Labute approximate surface area is 93.5 Å². The fourth-order valence-electron chi connectivity index (χ4n) is 0.929. The number of rotatable bonds is 4. The molecule has 0 aromatic heterocycles. The lowest BCUT2D eigenvalue weighted by Crippen LogP contribution is -2.29. The van der Waals surface area contributed by atoms with E-state index in [1.165, 1.54) is 0 Å². The van der Waals surface area contributed by atoms with Crippen molar-refractivity contribution in [2.45, 2.75) is 13.3 Å². The third kappa shape index (κ3) is 4.18. The molecule has 0 saturated heterocycles. The average Bonchev–Trinajstić information content (AvgIpc) is 2.22. The van der Waals surface area contributed by atoms with Crippen molar-refractivity contribution in [3.05, 3.63) is 29.3 Å². The number of hydrogen-bond donors (Lipinski definition) is 2. The highest BCUT2D eigenvalue weighted by molar-refractivity contribution is 6.33. The van der Waals surface area contributed by atoms with E-state index in [9.17, 15) is 4.79 Å². The zero-order valence-electron chi connectivity index (χ0n) is 8.42. The van der Waals surface area contributed by atoms with Gasteiger partial charge in [-0.15, -0.1) is 0 Å². The average molecular weight is 229 g/mol. The number of carbonyl (C=O) groups is 1. The van der Waals surface area contributed by atoms with Crippen molar-refractivity contribution in [3.63, 3.8) is 0 Å². The van der Waals surface area contributed by atoms with Gasteiger partial charge in [-0.1, -0.05) is 30.7 Å². The zero-order chi connectivity index (χ0) is 11.1. The van der Waals surface area contributed by atoms with Gasteiger partial charge >= 0.3 is 6.03 Å². The predicted octanol–water partition coefficient (Wildman–Crippen LogP) is 2.80. The third-order valence-electron chi connectivity index (χ3n) is 1.59. The van der Waals surface area contributed by atoms with Crippen LogP contribution in [0.1, 0.15) is 13.3 Å². The molecule has 5 heteroatoms. The second-order valence-corrected chi connectivity index (χ2v) is 3.29. The highest BCUT2D eigenvalue weighted by Gasteiger charge is 2.03. The first-order chi connectivity index (χ1) is 7.24. The molecule has 2 amide bonds. The van der Waals surface area contributed by atoms with Crippen molar-refractivity contribution in [3.8, 4) is 0 Å². The molecular formula is C10H13ClN2O2. The molecule has 4 nitrogen and oxygen atoms in total. The number of hydroxylamine groups is 1. The summed E-state index contributed by atoms with van der Waals surface area (Å²) in [7, 11) is 0. The fourth-order valence-corrected chi connectivity index (χ4v) is 1.11. The summed E-state index contributed by atoms with van der Waals surface area (Å²) >= 11 is 5.85. The van der Waals surface area contributed by atoms with Crippen LogP contribution in [0.5, 0.6) is 0 Å². The van der Waals surface area contributed by atoms with Gasteiger partial charge in [-0.3, -0.25) is 4.84 Å². The Hall–Kier alpha value is -1.26. The lowest BCUT2D eigenvalue weighted by molar-refractivity contribution is 0.0664. The van der Waals surface area contributed by atoms with Crippen LogP contribution in [0.4, 0.5) is 10.5 Å². The summed E-state index contributed by atoms with van der Waals surface area (Å²) in [5.41, 5.74) is 2.80. The monoisotopic (exact) mass is 228 g/mol. The van der Waals surface area contributed by atoms with Crippen molar-refractivity contribution >= 4 is 23.3 Å². The van der Waals surface area contributed by atoms with Crippen LogP contribution >= 0.6 is 11.6 Å². The van der Waals surface area contributed by atoms with Crippen LogP contribution in [0.3, 0.4) is 0 Å². The first-order valence-electron chi connectivity index (χ1n) is 4.67. The molecule has 82 valence electrons. The quantitative estimate of drug-likeness (QED) is 0.615. The first kappa shape index (κ1) is 11.8. The predicted molar refractivity (Wildman–Crippen MR) is 59.8 cm³/mol. The van der Waals surface area contributed by atoms with Crippen molar-refractivity contribution in [1.82, 2.24) is 5.48 Å². The Morgan fingerprint density at radius 2 is 2.20 bits per heavy atom. The van der Waals surface area contributed by atoms with Crippen molar-refractivity contribution < 1.29 is 9.63 Å². The highest BCUT2D eigenvalue weighted by atomic mass is 35.5. The van der Waals surface area contributed by atoms with Gasteiger partial charge in [0.1, 0.15) is 0 Å². The number of para-hydroxylation sites is 1. The molecule has 1 rings (SSSR count). The van der Waals surface area contributed by atoms with Crippen LogP contribution < -0.4 is 10.8 Å². The van der Waals surface area contributed by atoms with Gasteiger partial charge in [0.15, 0.2) is 0 Å². The minimum absolute atomic E-state index is 0.434. The fraction of sp³-hybridized carbons (Fsp3) is 0.300. The summed E-state index contributed by atoms with van der Waals surface area (Å²) in [6.07, 6.45) is 0.840. The molecule has 0 spiro atoms. The molecule has 0 fully saturated rings. The van der Waals surface area contributed by atoms with Gasteiger partial charge in [-0.05, 0) is 18.6 Å². The summed E-state index contributed by atoms with van der Waals surface area (Å²) in [6, 6.07) is 6.55. The highest BCUT2D eigenvalue weighted by Crippen LogP contribution is 2.19. The first-order valence-corrected chi connectivity index (χ1v) is 5.05. The van der Waals surface area contributed by atoms with Crippen LogP contribution in [-0.2, 0) is 4.84 Å². The Morgan fingerprint density at radius 1 is 1.47 bits per heavy atom. The van der Waals surface area contributed by atoms with E-state index in [0.717, 1.165) is 6.42 Å². The molecule has 0 aliphatic rings. The van der Waals surface area contributed by atoms with Gasteiger partial charge < -0.3 is 5.32 Å². The minimum atomic E-state index is -0.434. The maximum absolute atomic E-state index is 11.2. The van der Waals surface area contributed by atoms with Gasteiger partial charge in [0, 0.05) is 0 Å². The van der Waals surface area contributed by atoms with Crippen LogP contribution in [0, 0.1) is 0 Å². The van der Waals surface area contributed by atoms with Crippen molar-refractivity contribution in [2.75, 3.05) is 11.9 Å². The van der Waals surface area contributed by atoms with Gasteiger partial charge in [0.2, 0.25) is 0 Å². The SMILES string of the molecule is CCCONC(=O)Nc1ccccc1Cl. The normalized spacial score (nSPS) is 9.73. The van der Waals surface area contributed by atoms with E-state index < -0.39 is 6.03 Å². The van der Waals surface area contributed by atoms with E-state index >= 15 is 0 Å².